The Hall–Kier alpha value is -2.42. The standard InChI is InChI=1S/C22H22O2/c23-17-21(24)16-22(18-10-4-1-5-11-18,19-12-6-2-7-13-19)20-14-8-3-9-15-20/h1-15,21,23-24H,16-17H2. The van der Waals surface area contributed by atoms with Gasteiger partial charge in [-0.15, -0.1) is 0 Å². The Morgan fingerprint density at radius 2 is 0.958 bits per heavy atom. The van der Waals surface area contributed by atoms with Gasteiger partial charge in [0, 0.05) is 5.41 Å². The van der Waals surface area contributed by atoms with Crippen LogP contribution < -0.4 is 0 Å². The molecule has 24 heavy (non-hydrogen) atoms. The lowest BCUT2D eigenvalue weighted by molar-refractivity contribution is 0.0772. The molecule has 0 fully saturated rings. The highest BCUT2D eigenvalue weighted by Gasteiger charge is 2.37. The highest BCUT2D eigenvalue weighted by molar-refractivity contribution is 5.50. The van der Waals surface area contributed by atoms with Crippen molar-refractivity contribution in [3.05, 3.63) is 108 Å². The molecule has 0 aliphatic carbocycles. The van der Waals surface area contributed by atoms with Crippen molar-refractivity contribution in [1.29, 1.82) is 0 Å². The van der Waals surface area contributed by atoms with E-state index >= 15 is 0 Å². The van der Waals surface area contributed by atoms with Gasteiger partial charge in [-0.2, -0.15) is 0 Å². The zero-order valence-corrected chi connectivity index (χ0v) is 13.5. The first kappa shape index (κ1) is 16.4. The van der Waals surface area contributed by atoms with E-state index in [0.717, 1.165) is 16.7 Å². The molecule has 0 aliphatic heterocycles. The minimum absolute atomic E-state index is 0.256. The lowest BCUT2D eigenvalue weighted by atomic mass is 9.66. The molecule has 1 unspecified atom stereocenters. The van der Waals surface area contributed by atoms with E-state index < -0.39 is 11.5 Å². The lowest BCUT2D eigenvalue weighted by Crippen LogP contribution is -2.35. The summed E-state index contributed by atoms with van der Waals surface area (Å²) >= 11 is 0. The first-order valence-corrected chi connectivity index (χ1v) is 8.23. The number of aliphatic hydroxyl groups is 2. The average molecular weight is 318 g/mol. The third kappa shape index (κ3) is 3.12. The third-order valence-electron chi connectivity index (χ3n) is 4.55. The second-order valence-electron chi connectivity index (χ2n) is 6.04. The fraction of sp³-hybridized carbons (Fsp3) is 0.182. The Labute approximate surface area is 143 Å². The van der Waals surface area contributed by atoms with Crippen molar-refractivity contribution in [2.45, 2.75) is 17.9 Å². The summed E-state index contributed by atoms with van der Waals surface area (Å²) < 4.78 is 0. The Balaban J connectivity index is 2.28. The Morgan fingerprint density at radius 3 is 1.25 bits per heavy atom. The topological polar surface area (TPSA) is 40.5 Å². The van der Waals surface area contributed by atoms with Crippen LogP contribution in [0.3, 0.4) is 0 Å². The lowest BCUT2D eigenvalue weighted by Gasteiger charge is -2.37. The smallest absolute Gasteiger partial charge is 0.0785 e. The number of rotatable bonds is 6. The summed E-state index contributed by atoms with van der Waals surface area (Å²) in [5.41, 5.74) is 2.81. The van der Waals surface area contributed by atoms with E-state index in [-0.39, 0.29) is 6.61 Å². The summed E-state index contributed by atoms with van der Waals surface area (Å²) in [6.45, 7) is -0.256. The van der Waals surface area contributed by atoms with Gasteiger partial charge in [0.05, 0.1) is 12.7 Å². The van der Waals surface area contributed by atoms with Gasteiger partial charge in [0.15, 0.2) is 0 Å². The molecule has 0 aromatic heterocycles. The van der Waals surface area contributed by atoms with Crippen molar-refractivity contribution in [1.82, 2.24) is 0 Å². The summed E-state index contributed by atoms with van der Waals surface area (Å²) in [7, 11) is 0. The van der Waals surface area contributed by atoms with Crippen LogP contribution in [-0.2, 0) is 5.41 Å². The van der Waals surface area contributed by atoms with Gasteiger partial charge in [-0.3, -0.25) is 0 Å². The summed E-state index contributed by atoms with van der Waals surface area (Å²) in [6, 6.07) is 30.6. The van der Waals surface area contributed by atoms with Crippen LogP contribution in [0.2, 0.25) is 0 Å². The summed E-state index contributed by atoms with van der Waals surface area (Å²) in [5, 5.41) is 19.8. The molecule has 0 radical (unpaired) electrons. The summed E-state index contributed by atoms with van der Waals surface area (Å²) in [4.78, 5) is 0. The van der Waals surface area contributed by atoms with Crippen LogP contribution in [0.25, 0.3) is 0 Å². The summed E-state index contributed by atoms with van der Waals surface area (Å²) in [6.07, 6.45) is -0.382. The normalized spacial score (nSPS) is 12.8. The molecule has 2 N–H and O–H groups in total. The first-order chi connectivity index (χ1) is 11.8. The molecular formula is C22H22O2. The maximum Gasteiger partial charge on any atom is 0.0785 e. The van der Waals surface area contributed by atoms with Crippen molar-refractivity contribution < 1.29 is 10.2 Å². The van der Waals surface area contributed by atoms with E-state index in [9.17, 15) is 10.2 Å². The van der Waals surface area contributed by atoms with Gasteiger partial charge in [-0.1, -0.05) is 91.0 Å². The van der Waals surface area contributed by atoms with E-state index in [1.54, 1.807) is 0 Å². The van der Waals surface area contributed by atoms with Crippen LogP contribution in [-0.4, -0.2) is 22.9 Å². The number of aliphatic hydroxyl groups excluding tert-OH is 2. The second kappa shape index (κ2) is 7.43. The van der Waals surface area contributed by atoms with Crippen LogP contribution in [0, 0.1) is 0 Å². The molecule has 0 saturated carbocycles. The van der Waals surface area contributed by atoms with Crippen molar-refractivity contribution in [3.63, 3.8) is 0 Å². The van der Waals surface area contributed by atoms with Gasteiger partial charge in [-0.25, -0.2) is 0 Å². The Kier molecular flexibility index (Phi) is 5.09. The van der Waals surface area contributed by atoms with Crippen LogP contribution in [0.15, 0.2) is 91.0 Å². The number of hydrogen-bond donors (Lipinski definition) is 2. The Bertz CT molecular complexity index is 642. The van der Waals surface area contributed by atoms with Crippen molar-refractivity contribution >= 4 is 0 Å². The predicted molar refractivity (Wildman–Crippen MR) is 96.9 cm³/mol. The zero-order valence-electron chi connectivity index (χ0n) is 13.5. The van der Waals surface area contributed by atoms with Gasteiger partial charge < -0.3 is 10.2 Å². The van der Waals surface area contributed by atoms with E-state index in [1.165, 1.54) is 0 Å². The van der Waals surface area contributed by atoms with Gasteiger partial charge in [0.1, 0.15) is 0 Å². The molecule has 122 valence electrons. The Morgan fingerprint density at radius 1 is 0.625 bits per heavy atom. The molecule has 0 saturated heterocycles. The predicted octanol–water partition coefficient (Wildman–Crippen LogP) is 3.76. The van der Waals surface area contributed by atoms with E-state index in [2.05, 4.69) is 36.4 Å². The van der Waals surface area contributed by atoms with Gasteiger partial charge in [0.25, 0.3) is 0 Å². The highest BCUT2D eigenvalue weighted by Crippen LogP contribution is 2.42. The third-order valence-corrected chi connectivity index (χ3v) is 4.55. The molecule has 3 aromatic carbocycles. The molecule has 3 aromatic rings. The largest absolute Gasteiger partial charge is 0.394 e. The monoisotopic (exact) mass is 318 g/mol. The fourth-order valence-corrected chi connectivity index (χ4v) is 3.44. The van der Waals surface area contributed by atoms with Crippen molar-refractivity contribution in [2.75, 3.05) is 6.61 Å². The highest BCUT2D eigenvalue weighted by atomic mass is 16.3. The molecular weight excluding hydrogens is 296 g/mol. The SMILES string of the molecule is OCC(O)CC(c1ccccc1)(c1ccccc1)c1ccccc1. The molecule has 0 amide bonds. The molecule has 0 bridgehead atoms. The fourth-order valence-electron chi connectivity index (χ4n) is 3.44. The zero-order chi connectivity index (χ0) is 16.8. The van der Waals surface area contributed by atoms with Crippen LogP contribution >= 0.6 is 0 Å². The number of hydrogen-bond acceptors (Lipinski definition) is 2. The minimum Gasteiger partial charge on any atom is -0.394 e. The molecule has 2 heteroatoms. The van der Waals surface area contributed by atoms with Crippen LogP contribution in [0.1, 0.15) is 23.1 Å². The minimum atomic E-state index is -0.800. The van der Waals surface area contributed by atoms with Crippen LogP contribution in [0.4, 0.5) is 0 Å². The molecule has 0 aliphatic rings. The maximum atomic E-state index is 10.3. The van der Waals surface area contributed by atoms with Gasteiger partial charge in [0.2, 0.25) is 0 Å². The second-order valence-corrected chi connectivity index (χ2v) is 6.04. The van der Waals surface area contributed by atoms with Crippen LogP contribution in [0.5, 0.6) is 0 Å². The van der Waals surface area contributed by atoms with Crippen molar-refractivity contribution in [3.8, 4) is 0 Å². The quantitative estimate of drug-likeness (QED) is 0.679. The maximum absolute atomic E-state index is 10.3. The van der Waals surface area contributed by atoms with E-state index in [1.807, 2.05) is 54.6 Å². The average Bonchev–Trinajstić information content (AvgIpc) is 2.68. The molecule has 0 heterocycles. The van der Waals surface area contributed by atoms with E-state index in [0.29, 0.717) is 6.42 Å². The molecule has 1 atom stereocenters. The molecule has 0 spiro atoms. The van der Waals surface area contributed by atoms with Gasteiger partial charge >= 0.3 is 0 Å². The summed E-state index contributed by atoms with van der Waals surface area (Å²) in [5.74, 6) is 0. The van der Waals surface area contributed by atoms with Crippen molar-refractivity contribution in [2.24, 2.45) is 0 Å². The molecule has 3 rings (SSSR count). The van der Waals surface area contributed by atoms with E-state index in [4.69, 9.17) is 0 Å². The van der Waals surface area contributed by atoms with Gasteiger partial charge in [-0.05, 0) is 23.1 Å². The number of benzene rings is 3. The first-order valence-electron chi connectivity index (χ1n) is 8.23. The molecule has 2 nitrogen and oxygen atoms in total.